The predicted molar refractivity (Wildman–Crippen MR) is 53.6 cm³/mol. The largest absolute Gasteiger partial charge is 0.481 e. The van der Waals surface area contributed by atoms with E-state index in [0.29, 0.717) is 0 Å². The maximum Gasteiger partial charge on any atom is 0.317 e. The minimum Gasteiger partial charge on any atom is -0.481 e. The molecule has 17 heavy (non-hydrogen) atoms. The lowest BCUT2D eigenvalue weighted by Gasteiger charge is -2.16. The summed E-state index contributed by atoms with van der Waals surface area (Å²) >= 11 is 0. The molecule has 0 bridgehead atoms. The molecule has 0 aliphatic rings. The van der Waals surface area contributed by atoms with Crippen LogP contribution in [0.25, 0.3) is 0 Å². The fourth-order valence-corrected chi connectivity index (χ4v) is 1.14. The number of carboxylic acid groups (broad SMARTS) is 3. The minimum atomic E-state index is -1.27. The minimum absolute atomic E-state index is 0.0925. The van der Waals surface area contributed by atoms with E-state index in [9.17, 15) is 19.2 Å². The van der Waals surface area contributed by atoms with Crippen molar-refractivity contribution in [1.82, 2.24) is 4.90 Å². The smallest absolute Gasteiger partial charge is 0.317 e. The van der Waals surface area contributed by atoms with E-state index in [0.717, 1.165) is 4.90 Å². The molecule has 0 amide bonds. The number of rotatable bonds is 9. The lowest BCUT2D eigenvalue weighted by atomic mass is 10.2. The van der Waals surface area contributed by atoms with Gasteiger partial charge in [-0.3, -0.25) is 24.1 Å². The predicted octanol–water partition coefficient (Wildman–Crippen LogP) is -1.11. The maximum absolute atomic E-state index is 11.0. The molecule has 0 saturated heterocycles. The average Bonchev–Trinajstić information content (AvgIpc) is 2.11. The summed E-state index contributed by atoms with van der Waals surface area (Å²) < 4.78 is 0. The molecule has 0 unspecified atom stereocenters. The Hall–Kier alpha value is -1.96. The third-order valence-corrected chi connectivity index (χ3v) is 1.77. The highest BCUT2D eigenvalue weighted by molar-refractivity contribution is 5.94. The van der Waals surface area contributed by atoms with Crippen LogP contribution >= 0.6 is 0 Å². The zero-order valence-electron chi connectivity index (χ0n) is 8.96. The second-order valence-corrected chi connectivity index (χ2v) is 3.36. The highest BCUT2D eigenvalue weighted by atomic mass is 16.4. The Morgan fingerprint density at radius 2 is 1.29 bits per heavy atom. The standard InChI is InChI=1S/C9H13NO7/c11-6(3-7(12)13)1-2-10(4-8(14)15)5-9(16)17/h1-5H2,(H,12,13)(H,14,15)(H,16,17). The van der Waals surface area contributed by atoms with Crippen LogP contribution in [0.15, 0.2) is 0 Å². The monoisotopic (exact) mass is 247 g/mol. The van der Waals surface area contributed by atoms with Crippen molar-refractivity contribution in [3.8, 4) is 0 Å². The molecule has 0 aromatic heterocycles. The first kappa shape index (κ1) is 15.0. The van der Waals surface area contributed by atoms with E-state index < -0.39 is 43.2 Å². The van der Waals surface area contributed by atoms with Crippen molar-refractivity contribution in [3.05, 3.63) is 0 Å². The van der Waals surface area contributed by atoms with Gasteiger partial charge in [-0.2, -0.15) is 0 Å². The molecule has 0 rings (SSSR count). The van der Waals surface area contributed by atoms with Crippen LogP contribution in [0.4, 0.5) is 0 Å². The molecule has 0 aromatic carbocycles. The molecule has 0 saturated carbocycles. The summed E-state index contributed by atoms with van der Waals surface area (Å²) in [6.07, 6.45) is -0.832. The molecule has 0 fully saturated rings. The highest BCUT2D eigenvalue weighted by Crippen LogP contribution is 1.96. The van der Waals surface area contributed by atoms with Gasteiger partial charge in [0.25, 0.3) is 0 Å². The Labute approximate surface area is 96.4 Å². The van der Waals surface area contributed by atoms with Gasteiger partial charge >= 0.3 is 17.9 Å². The molecule has 0 radical (unpaired) electrons. The molecule has 0 aromatic rings. The fourth-order valence-electron chi connectivity index (χ4n) is 1.14. The van der Waals surface area contributed by atoms with Crippen molar-refractivity contribution in [2.24, 2.45) is 0 Å². The number of carbonyl (C=O) groups excluding carboxylic acids is 1. The van der Waals surface area contributed by atoms with Crippen LogP contribution in [0.5, 0.6) is 0 Å². The van der Waals surface area contributed by atoms with Gasteiger partial charge in [0.05, 0.1) is 13.1 Å². The summed E-state index contributed by atoms with van der Waals surface area (Å²) in [6, 6.07) is 0. The number of carboxylic acids is 3. The van der Waals surface area contributed by atoms with Gasteiger partial charge in [-0.15, -0.1) is 0 Å². The fraction of sp³-hybridized carbons (Fsp3) is 0.556. The van der Waals surface area contributed by atoms with Gasteiger partial charge in [-0.1, -0.05) is 0 Å². The zero-order valence-corrected chi connectivity index (χ0v) is 8.96. The second kappa shape index (κ2) is 7.34. The van der Waals surface area contributed by atoms with Gasteiger partial charge in [-0.05, 0) is 0 Å². The Morgan fingerprint density at radius 3 is 1.65 bits per heavy atom. The van der Waals surface area contributed by atoms with Crippen molar-refractivity contribution in [2.75, 3.05) is 19.6 Å². The highest BCUT2D eigenvalue weighted by Gasteiger charge is 2.15. The van der Waals surface area contributed by atoms with Gasteiger partial charge in [-0.25, -0.2) is 0 Å². The zero-order chi connectivity index (χ0) is 13.4. The Balaban J connectivity index is 4.14. The second-order valence-electron chi connectivity index (χ2n) is 3.36. The molecule has 0 atom stereocenters. The third kappa shape index (κ3) is 9.00. The van der Waals surface area contributed by atoms with Crippen molar-refractivity contribution in [3.63, 3.8) is 0 Å². The normalized spacial score (nSPS) is 10.2. The van der Waals surface area contributed by atoms with E-state index in [1.807, 2.05) is 0 Å². The Bertz CT molecular complexity index is 309. The molecule has 0 aliphatic heterocycles. The number of nitrogens with zero attached hydrogens (tertiary/aromatic N) is 1. The number of hydrogen-bond acceptors (Lipinski definition) is 5. The summed E-state index contributed by atoms with van der Waals surface area (Å²) in [5, 5.41) is 25.3. The van der Waals surface area contributed by atoms with Crippen molar-refractivity contribution < 1.29 is 34.5 Å². The van der Waals surface area contributed by atoms with E-state index in [2.05, 4.69) is 0 Å². The number of hydrogen-bond donors (Lipinski definition) is 3. The van der Waals surface area contributed by atoms with Crippen LogP contribution in [-0.4, -0.2) is 63.5 Å². The van der Waals surface area contributed by atoms with Gasteiger partial charge in [0.2, 0.25) is 0 Å². The number of aliphatic carboxylic acids is 3. The molecule has 96 valence electrons. The summed E-state index contributed by atoms with van der Waals surface area (Å²) in [7, 11) is 0. The van der Waals surface area contributed by atoms with E-state index in [1.54, 1.807) is 0 Å². The van der Waals surface area contributed by atoms with Crippen molar-refractivity contribution >= 4 is 23.7 Å². The van der Waals surface area contributed by atoms with Gasteiger partial charge in [0.1, 0.15) is 12.2 Å². The molecular weight excluding hydrogens is 234 g/mol. The van der Waals surface area contributed by atoms with Gasteiger partial charge < -0.3 is 15.3 Å². The van der Waals surface area contributed by atoms with Crippen LogP contribution in [0.2, 0.25) is 0 Å². The number of Topliss-reactive ketones (excluding diaryl/α,β-unsaturated/α-hetero) is 1. The van der Waals surface area contributed by atoms with E-state index in [1.165, 1.54) is 0 Å². The lowest BCUT2D eigenvalue weighted by molar-refractivity contribution is -0.144. The van der Waals surface area contributed by atoms with Crippen molar-refractivity contribution in [2.45, 2.75) is 12.8 Å². The number of ketones is 1. The van der Waals surface area contributed by atoms with Crippen LogP contribution in [-0.2, 0) is 19.2 Å². The average molecular weight is 247 g/mol. The summed E-state index contributed by atoms with van der Waals surface area (Å²) in [5.74, 6) is -4.26. The Kier molecular flexibility index (Phi) is 6.49. The lowest BCUT2D eigenvalue weighted by Crippen LogP contribution is -2.36. The molecule has 0 aliphatic carbocycles. The van der Waals surface area contributed by atoms with Crippen LogP contribution in [0.3, 0.4) is 0 Å². The maximum atomic E-state index is 11.0. The Morgan fingerprint density at radius 1 is 0.824 bits per heavy atom. The van der Waals surface area contributed by atoms with Crippen molar-refractivity contribution in [1.29, 1.82) is 0 Å². The molecule has 0 spiro atoms. The van der Waals surface area contributed by atoms with E-state index in [-0.39, 0.29) is 13.0 Å². The summed E-state index contributed by atoms with van der Waals surface area (Å²) in [4.78, 5) is 43.1. The molecule has 0 heterocycles. The topological polar surface area (TPSA) is 132 Å². The molecule has 8 nitrogen and oxygen atoms in total. The SMILES string of the molecule is O=C(O)CC(=O)CCN(CC(=O)O)CC(=O)O. The van der Waals surface area contributed by atoms with E-state index >= 15 is 0 Å². The first-order valence-corrected chi connectivity index (χ1v) is 4.70. The van der Waals surface area contributed by atoms with Crippen LogP contribution in [0.1, 0.15) is 12.8 Å². The molecule has 3 N–H and O–H groups in total. The molecule has 8 heteroatoms. The summed E-state index contributed by atoms with van der Waals surface area (Å²) in [6.45, 7) is -1.11. The molecular formula is C9H13NO7. The van der Waals surface area contributed by atoms with Crippen LogP contribution < -0.4 is 0 Å². The third-order valence-electron chi connectivity index (χ3n) is 1.77. The van der Waals surface area contributed by atoms with E-state index in [4.69, 9.17) is 15.3 Å². The summed E-state index contributed by atoms with van der Waals surface area (Å²) in [5.41, 5.74) is 0. The number of carbonyl (C=O) groups is 4. The first-order chi connectivity index (χ1) is 7.81. The first-order valence-electron chi connectivity index (χ1n) is 4.70. The van der Waals surface area contributed by atoms with Gasteiger partial charge in [0.15, 0.2) is 0 Å². The van der Waals surface area contributed by atoms with Crippen LogP contribution in [0, 0.1) is 0 Å². The van der Waals surface area contributed by atoms with Gasteiger partial charge in [0, 0.05) is 13.0 Å². The quantitative estimate of drug-likeness (QED) is 0.437.